The van der Waals surface area contributed by atoms with E-state index in [4.69, 9.17) is 25.8 Å². The molecular formula is C23H23ClN2O5. The van der Waals surface area contributed by atoms with Gasteiger partial charge in [0.1, 0.15) is 11.9 Å². The Morgan fingerprint density at radius 2 is 1.84 bits per heavy atom. The van der Waals surface area contributed by atoms with Gasteiger partial charge in [0.15, 0.2) is 11.5 Å². The molecule has 1 unspecified atom stereocenters. The summed E-state index contributed by atoms with van der Waals surface area (Å²) in [5, 5.41) is 1.01. The molecule has 2 atom stereocenters. The molecule has 3 aromatic rings. The maximum atomic E-state index is 13.0. The minimum atomic E-state index is -0.805. The first-order valence-corrected chi connectivity index (χ1v) is 10.3. The van der Waals surface area contributed by atoms with Gasteiger partial charge in [-0.3, -0.25) is 4.79 Å². The van der Waals surface area contributed by atoms with Crippen molar-refractivity contribution in [2.24, 2.45) is 0 Å². The lowest BCUT2D eigenvalue weighted by molar-refractivity contribution is -0.154. The maximum absolute atomic E-state index is 13.0. The third-order valence-electron chi connectivity index (χ3n) is 5.73. The number of aromatic nitrogens is 1. The summed E-state index contributed by atoms with van der Waals surface area (Å²) in [6, 6.07) is 11.9. The summed E-state index contributed by atoms with van der Waals surface area (Å²) in [6.45, 7) is 0. The van der Waals surface area contributed by atoms with Gasteiger partial charge >= 0.3 is 5.97 Å². The van der Waals surface area contributed by atoms with E-state index < -0.39 is 18.1 Å². The number of esters is 1. The largest absolute Gasteiger partial charge is 0.493 e. The Kier molecular flexibility index (Phi) is 5.78. The Morgan fingerprint density at radius 1 is 1.10 bits per heavy atom. The van der Waals surface area contributed by atoms with Crippen LogP contribution in [-0.4, -0.2) is 55.0 Å². The fourth-order valence-corrected chi connectivity index (χ4v) is 4.49. The number of carbonyl (C=O) groups is 2. The number of hydrogen-bond acceptors (Lipinski definition) is 5. The van der Waals surface area contributed by atoms with Crippen molar-refractivity contribution in [3.63, 3.8) is 0 Å². The summed E-state index contributed by atoms with van der Waals surface area (Å²) in [6.07, 6.45) is 0.332. The van der Waals surface area contributed by atoms with Gasteiger partial charge in [-0.25, -0.2) is 4.79 Å². The molecule has 0 spiro atoms. The summed E-state index contributed by atoms with van der Waals surface area (Å²) in [5.41, 5.74) is 3.51. The molecule has 1 aliphatic rings. The number of amides is 1. The van der Waals surface area contributed by atoms with Crippen molar-refractivity contribution >= 4 is 34.4 Å². The number of benzene rings is 2. The molecule has 7 nitrogen and oxygen atoms in total. The van der Waals surface area contributed by atoms with Crippen LogP contribution in [0.15, 0.2) is 42.5 Å². The molecular weight excluding hydrogens is 420 g/mol. The zero-order valence-corrected chi connectivity index (χ0v) is 18.2. The normalized spacial score (nSPS) is 17.9. The first kappa shape index (κ1) is 21.1. The van der Waals surface area contributed by atoms with E-state index in [1.807, 2.05) is 36.4 Å². The molecule has 0 saturated carbocycles. The van der Waals surface area contributed by atoms with Gasteiger partial charge in [-0.2, -0.15) is 0 Å². The van der Waals surface area contributed by atoms with Gasteiger partial charge in [-0.05, 0) is 29.3 Å². The number of nitrogens with zero attached hydrogens (tertiary/aromatic N) is 1. The highest BCUT2D eigenvalue weighted by Crippen LogP contribution is 2.43. The van der Waals surface area contributed by atoms with E-state index in [9.17, 15) is 9.59 Å². The van der Waals surface area contributed by atoms with Crippen LogP contribution >= 0.6 is 11.6 Å². The number of nitrogens with one attached hydrogen (secondary N) is 1. The average Bonchev–Trinajstić information content (AvgIpc) is 3.19. The molecule has 1 amide bonds. The molecule has 4 rings (SSSR count). The standard InChI is InChI=1S/C23H23ClN2O5/c1-29-18-9-8-13(10-19(18)30-2)22-21-15(14-6-4-5-7-16(14)25-21)11-17(23(28)31-3)26(22)20(27)12-24/h4-10,17,22,25H,11-12H2,1-3H3/t17-,22?/m1/s1. The van der Waals surface area contributed by atoms with Gasteiger partial charge in [-0.1, -0.05) is 24.3 Å². The molecule has 31 heavy (non-hydrogen) atoms. The van der Waals surface area contributed by atoms with Gasteiger partial charge in [0.2, 0.25) is 5.91 Å². The van der Waals surface area contributed by atoms with E-state index >= 15 is 0 Å². The zero-order valence-electron chi connectivity index (χ0n) is 17.5. The van der Waals surface area contributed by atoms with E-state index in [2.05, 4.69) is 4.98 Å². The minimum absolute atomic E-state index is 0.257. The van der Waals surface area contributed by atoms with Crippen molar-refractivity contribution < 1.29 is 23.8 Å². The lowest BCUT2D eigenvalue weighted by Gasteiger charge is -2.40. The molecule has 2 heterocycles. The Balaban J connectivity index is 1.98. The van der Waals surface area contributed by atoms with Crippen LogP contribution in [0.4, 0.5) is 0 Å². The van der Waals surface area contributed by atoms with Crippen molar-refractivity contribution in [1.29, 1.82) is 0 Å². The van der Waals surface area contributed by atoms with Crippen LogP contribution in [0, 0.1) is 0 Å². The van der Waals surface area contributed by atoms with E-state index in [0.29, 0.717) is 17.9 Å². The monoisotopic (exact) mass is 442 g/mol. The predicted molar refractivity (Wildman–Crippen MR) is 117 cm³/mol. The number of hydrogen-bond donors (Lipinski definition) is 1. The number of halogens is 1. The number of para-hydroxylation sites is 1. The number of rotatable bonds is 5. The molecule has 8 heteroatoms. The van der Waals surface area contributed by atoms with Crippen molar-refractivity contribution in [3.05, 3.63) is 59.3 Å². The first-order valence-electron chi connectivity index (χ1n) is 9.80. The predicted octanol–water partition coefficient (Wildman–Crippen LogP) is 3.44. The van der Waals surface area contributed by atoms with E-state index in [0.717, 1.165) is 27.7 Å². The zero-order chi connectivity index (χ0) is 22.1. The molecule has 2 aromatic carbocycles. The Hall–Kier alpha value is -3.19. The van der Waals surface area contributed by atoms with Crippen molar-refractivity contribution in [2.75, 3.05) is 27.2 Å². The van der Waals surface area contributed by atoms with E-state index in [1.54, 1.807) is 20.3 Å². The molecule has 0 bridgehead atoms. The summed E-state index contributed by atoms with van der Waals surface area (Å²) < 4.78 is 15.9. The fraction of sp³-hybridized carbons (Fsp3) is 0.304. The second kappa shape index (κ2) is 8.51. The molecule has 0 saturated heterocycles. The third kappa shape index (κ3) is 3.49. The molecule has 1 aromatic heterocycles. The van der Waals surface area contributed by atoms with Crippen LogP contribution in [0.3, 0.4) is 0 Å². The number of methoxy groups -OCH3 is 3. The summed E-state index contributed by atoms with van der Waals surface area (Å²) in [4.78, 5) is 30.7. The fourth-order valence-electron chi connectivity index (χ4n) is 4.35. The van der Waals surface area contributed by atoms with Gasteiger partial charge in [0, 0.05) is 23.0 Å². The molecule has 162 valence electrons. The second-order valence-corrected chi connectivity index (χ2v) is 7.52. The topological polar surface area (TPSA) is 80.9 Å². The lowest BCUT2D eigenvalue weighted by Crippen LogP contribution is -2.52. The third-order valence-corrected chi connectivity index (χ3v) is 5.96. The Morgan fingerprint density at radius 3 is 2.52 bits per heavy atom. The number of ether oxygens (including phenoxy) is 3. The van der Waals surface area contributed by atoms with Crippen LogP contribution in [0.5, 0.6) is 11.5 Å². The summed E-state index contributed by atoms with van der Waals surface area (Å²) >= 11 is 5.97. The van der Waals surface area contributed by atoms with Gasteiger partial charge in [0.25, 0.3) is 0 Å². The molecule has 0 aliphatic carbocycles. The summed E-state index contributed by atoms with van der Waals surface area (Å²) in [5.74, 6) is -0.0110. The highest BCUT2D eigenvalue weighted by Gasteiger charge is 2.43. The van der Waals surface area contributed by atoms with E-state index in [1.165, 1.54) is 12.0 Å². The number of H-pyrrole nitrogens is 1. The van der Waals surface area contributed by atoms with Crippen LogP contribution in [0.25, 0.3) is 10.9 Å². The molecule has 1 N–H and O–H groups in total. The summed E-state index contributed by atoms with van der Waals surface area (Å²) in [7, 11) is 4.43. The number of carbonyl (C=O) groups excluding carboxylic acids is 2. The molecule has 1 aliphatic heterocycles. The average molecular weight is 443 g/mol. The van der Waals surface area contributed by atoms with Crippen LogP contribution in [-0.2, 0) is 20.7 Å². The quantitative estimate of drug-likeness (QED) is 0.483. The maximum Gasteiger partial charge on any atom is 0.328 e. The smallest absolute Gasteiger partial charge is 0.328 e. The number of aromatic amines is 1. The Bertz CT molecular complexity index is 1140. The lowest BCUT2D eigenvalue weighted by atomic mass is 9.87. The minimum Gasteiger partial charge on any atom is -0.493 e. The van der Waals surface area contributed by atoms with Crippen molar-refractivity contribution in [3.8, 4) is 11.5 Å². The highest BCUT2D eigenvalue weighted by molar-refractivity contribution is 6.27. The number of fused-ring (bicyclic) bond motifs is 3. The van der Waals surface area contributed by atoms with Crippen LogP contribution in [0.1, 0.15) is 22.9 Å². The second-order valence-electron chi connectivity index (χ2n) is 7.26. The molecule has 0 radical (unpaired) electrons. The van der Waals surface area contributed by atoms with Crippen molar-refractivity contribution in [2.45, 2.75) is 18.5 Å². The van der Waals surface area contributed by atoms with Gasteiger partial charge in [-0.15, -0.1) is 11.6 Å². The molecule has 0 fully saturated rings. The SMILES string of the molecule is COC(=O)[C@H]1Cc2c([nH]c3ccccc23)C(c2ccc(OC)c(OC)c2)N1C(=O)CCl. The first-order chi connectivity index (χ1) is 15.0. The van der Waals surface area contributed by atoms with Gasteiger partial charge in [0.05, 0.1) is 27.4 Å². The highest BCUT2D eigenvalue weighted by atomic mass is 35.5. The number of alkyl halides is 1. The van der Waals surface area contributed by atoms with Crippen LogP contribution in [0.2, 0.25) is 0 Å². The van der Waals surface area contributed by atoms with E-state index in [-0.39, 0.29) is 11.8 Å². The van der Waals surface area contributed by atoms with Crippen molar-refractivity contribution in [1.82, 2.24) is 9.88 Å². The van der Waals surface area contributed by atoms with Crippen LogP contribution < -0.4 is 9.47 Å². The Labute approximate surface area is 184 Å². The van der Waals surface area contributed by atoms with Gasteiger partial charge < -0.3 is 24.1 Å².